The maximum absolute atomic E-state index is 12.4. The summed E-state index contributed by atoms with van der Waals surface area (Å²) < 4.78 is 6.59. The molecular weight excluding hydrogens is 472 g/mol. The highest BCUT2D eigenvalue weighted by molar-refractivity contribution is 9.10. The van der Waals surface area contributed by atoms with E-state index in [9.17, 15) is 4.79 Å². The molecule has 2 rings (SSSR count). The Morgan fingerprint density at radius 3 is 2.41 bits per heavy atom. The minimum Gasteiger partial charge on any atom is -0.461 e. The Labute approximate surface area is 185 Å². The van der Waals surface area contributed by atoms with Crippen LogP contribution in [-0.2, 0) is 4.74 Å². The van der Waals surface area contributed by atoms with Crippen molar-refractivity contribution in [3.05, 3.63) is 68.1 Å². The van der Waals surface area contributed by atoms with Crippen LogP contribution >= 0.6 is 51.5 Å². The lowest BCUT2D eigenvalue weighted by atomic mass is 9.95. The average Bonchev–Trinajstić information content (AvgIpc) is 2.58. The molecule has 0 saturated heterocycles. The summed E-state index contributed by atoms with van der Waals surface area (Å²) in [6, 6.07) is 12.9. The van der Waals surface area contributed by atoms with Crippen molar-refractivity contribution >= 4 is 57.5 Å². The van der Waals surface area contributed by atoms with E-state index in [4.69, 9.17) is 27.9 Å². The monoisotopic (exact) mass is 493 g/mol. The third-order valence-corrected chi connectivity index (χ3v) is 5.14. The fraction of sp³-hybridized carbons (Fsp3) is 0.350. The summed E-state index contributed by atoms with van der Waals surface area (Å²) in [6.45, 7) is 1.30. The van der Waals surface area contributed by atoms with Gasteiger partial charge in [0.2, 0.25) is 0 Å². The van der Waals surface area contributed by atoms with E-state index in [0.717, 1.165) is 29.4 Å². The van der Waals surface area contributed by atoms with Crippen LogP contribution in [0.1, 0.15) is 34.7 Å². The number of ether oxygens (including phenoxy) is 1. The molecule has 0 amide bonds. The Balaban J connectivity index is 0.00000364. The third-order valence-electron chi connectivity index (χ3n) is 4.07. The average molecular weight is 496 g/mol. The molecule has 3 nitrogen and oxygen atoms in total. The molecule has 0 aromatic heterocycles. The normalized spacial score (nSPS) is 11.8. The zero-order valence-corrected chi connectivity index (χ0v) is 19.2. The highest BCUT2D eigenvalue weighted by Crippen LogP contribution is 2.26. The summed E-state index contributed by atoms with van der Waals surface area (Å²) >= 11 is 15.4. The van der Waals surface area contributed by atoms with Gasteiger partial charge in [-0.25, -0.2) is 4.79 Å². The summed E-state index contributed by atoms with van der Waals surface area (Å²) in [4.78, 5) is 14.5. The van der Waals surface area contributed by atoms with Crippen molar-refractivity contribution in [2.75, 3.05) is 27.2 Å². The van der Waals surface area contributed by atoms with Gasteiger partial charge in [-0.3, -0.25) is 0 Å². The number of carbonyl (C=O) groups is 1. The first-order valence-corrected chi connectivity index (χ1v) is 9.94. The molecule has 0 aliphatic heterocycles. The van der Waals surface area contributed by atoms with E-state index in [1.165, 1.54) is 0 Å². The molecule has 0 fully saturated rings. The summed E-state index contributed by atoms with van der Waals surface area (Å²) in [5.41, 5.74) is 1.49. The fourth-order valence-electron chi connectivity index (χ4n) is 2.64. The van der Waals surface area contributed by atoms with Crippen molar-refractivity contribution < 1.29 is 9.53 Å². The van der Waals surface area contributed by atoms with Gasteiger partial charge < -0.3 is 9.64 Å². The largest absolute Gasteiger partial charge is 0.461 e. The predicted octanol–water partition coefficient (Wildman–Crippen LogP) is 6.46. The molecule has 0 radical (unpaired) electrons. The van der Waals surface area contributed by atoms with Crippen LogP contribution in [0.4, 0.5) is 0 Å². The summed E-state index contributed by atoms with van der Waals surface area (Å²) in [5, 5.41) is 0.790. The topological polar surface area (TPSA) is 29.5 Å². The number of hydrogen-bond acceptors (Lipinski definition) is 3. The first kappa shape index (κ1) is 24.3. The first-order chi connectivity index (χ1) is 12.4. The van der Waals surface area contributed by atoms with Crippen LogP contribution in [0, 0.1) is 0 Å². The summed E-state index contributed by atoms with van der Waals surface area (Å²) in [5.74, 6) is -0.292. The van der Waals surface area contributed by atoms with Gasteiger partial charge in [0.25, 0.3) is 0 Å². The maximum atomic E-state index is 12.4. The highest BCUT2D eigenvalue weighted by Gasteiger charge is 2.17. The van der Waals surface area contributed by atoms with E-state index >= 15 is 0 Å². The highest BCUT2D eigenvalue weighted by atomic mass is 79.9. The Hall–Kier alpha value is -0.780. The number of nitrogens with zero attached hydrogens (tertiary/aromatic N) is 1. The Kier molecular flexibility index (Phi) is 10.7. The molecule has 0 saturated carbocycles. The number of benzene rings is 2. The van der Waals surface area contributed by atoms with E-state index < -0.39 is 5.97 Å². The first-order valence-electron chi connectivity index (χ1n) is 8.39. The molecule has 0 aliphatic carbocycles. The molecule has 1 atom stereocenters. The van der Waals surface area contributed by atoms with Crippen molar-refractivity contribution in [3.8, 4) is 0 Å². The van der Waals surface area contributed by atoms with E-state index in [2.05, 4.69) is 47.1 Å². The molecule has 2 aromatic carbocycles. The van der Waals surface area contributed by atoms with Crippen molar-refractivity contribution in [2.45, 2.75) is 18.8 Å². The van der Waals surface area contributed by atoms with E-state index in [-0.39, 0.29) is 18.3 Å². The van der Waals surface area contributed by atoms with Crippen LogP contribution in [-0.4, -0.2) is 38.1 Å². The van der Waals surface area contributed by atoms with Crippen molar-refractivity contribution in [3.63, 3.8) is 0 Å². The van der Waals surface area contributed by atoms with Crippen LogP contribution in [0.25, 0.3) is 0 Å². The van der Waals surface area contributed by atoms with Gasteiger partial charge in [-0.05, 0) is 69.4 Å². The Bertz CT molecular complexity index is 739. The molecular formula is C20H23BrCl3NO2. The fourth-order valence-corrected chi connectivity index (χ4v) is 3.39. The van der Waals surface area contributed by atoms with Crippen LogP contribution in [0.15, 0.2) is 46.9 Å². The van der Waals surface area contributed by atoms with Crippen LogP contribution in [0.2, 0.25) is 10.0 Å². The van der Waals surface area contributed by atoms with Gasteiger partial charge in [0.1, 0.15) is 0 Å². The lowest BCUT2D eigenvalue weighted by Crippen LogP contribution is -2.17. The Morgan fingerprint density at radius 1 is 1.15 bits per heavy atom. The van der Waals surface area contributed by atoms with Gasteiger partial charge in [0, 0.05) is 15.4 Å². The maximum Gasteiger partial charge on any atom is 0.339 e. The molecule has 0 aliphatic rings. The molecule has 2 aromatic rings. The molecule has 7 heteroatoms. The second-order valence-electron chi connectivity index (χ2n) is 6.42. The number of esters is 1. The number of rotatable bonds is 8. The molecule has 0 bridgehead atoms. The third kappa shape index (κ3) is 8.00. The minimum atomic E-state index is -0.429. The molecule has 148 valence electrons. The van der Waals surface area contributed by atoms with Crippen molar-refractivity contribution in [1.29, 1.82) is 0 Å². The number of halogens is 4. The zero-order chi connectivity index (χ0) is 19.1. The Morgan fingerprint density at radius 2 is 1.81 bits per heavy atom. The van der Waals surface area contributed by atoms with Crippen molar-refractivity contribution in [2.24, 2.45) is 0 Å². The van der Waals surface area contributed by atoms with Crippen LogP contribution in [0.3, 0.4) is 0 Å². The molecule has 0 heterocycles. The molecule has 0 spiro atoms. The van der Waals surface area contributed by atoms with E-state index in [1.54, 1.807) is 18.2 Å². The van der Waals surface area contributed by atoms with Gasteiger partial charge in [0.15, 0.2) is 0 Å². The number of hydrogen-bond donors (Lipinski definition) is 0. The summed E-state index contributed by atoms with van der Waals surface area (Å²) in [7, 11) is 4.11. The smallest absolute Gasteiger partial charge is 0.339 e. The van der Waals surface area contributed by atoms with Crippen LogP contribution < -0.4 is 0 Å². The van der Waals surface area contributed by atoms with Gasteiger partial charge in [-0.2, -0.15) is 0 Å². The standard InChI is InChI=1S/C20H22BrCl2NO2.ClH/c1-24(2)11-3-4-15(14-5-7-16(21)8-6-14)13-26-20(25)18-10-9-17(22)12-19(18)23;/h5-10,12,15H,3-4,11,13H2,1-2H3;1H. The molecule has 0 N–H and O–H groups in total. The van der Waals surface area contributed by atoms with E-state index in [0.29, 0.717) is 22.2 Å². The lowest BCUT2D eigenvalue weighted by molar-refractivity contribution is 0.0474. The van der Waals surface area contributed by atoms with Gasteiger partial charge in [0.05, 0.1) is 17.2 Å². The minimum absolute atomic E-state index is 0. The van der Waals surface area contributed by atoms with Gasteiger partial charge in [-0.15, -0.1) is 12.4 Å². The second-order valence-corrected chi connectivity index (χ2v) is 8.18. The molecule has 27 heavy (non-hydrogen) atoms. The molecule has 1 unspecified atom stereocenters. The summed E-state index contributed by atoms with van der Waals surface area (Å²) in [6.07, 6.45) is 1.95. The number of carbonyl (C=O) groups excluding carboxylic acids is 1. The zero-order valence-electron chi connectivity index (χ0n) is 15.3. The van der Waals surface area contributed by atoms with E-state index in [1.807, 2.05) is 12.1 Å². The van der Waals surface area contributed by atoms with Crippen LogP contribution in [0.5, 0.6) is 0 Å². The SMILES string of the molecule is CN(C)CCCC(COC(=O)c1ccc(Cl)cc1Cl)c1ccc(Br)cc1.Cl. The van der Waals surface area contributed by atoms with Crippen molar-refractivity contribution in [1.82, 2.24) is 4.90 Å². The lowest BCUT2D eigenvalue weighted by Gasteiger charge is -2.19. The van der Waals surface area contributed by atoms with Gasteiger partial charge >= 0.3 is 5.97 Å². The van der Waals surface area contributed by atoms with Gasteiger partial charge in [-0.1, -0.05) is 51.3 Å². The second kappa shape index (κ2) is 11.9. The quantitative estimate of drug-likeness (QED) is 0.394. The predicted molar refractivity (Wildman–Crippen MR) is 119 cm³/mol.